The Hall–Kier alpha value is -0.580. The fraction of sp³-hybridized carbons (Fsp3) is 0.222. The summed E-state index contributed by atoms with van der Waals surface area (Å²) in [5.74, 6) is 0. The minimum Gasteiger partial charge on any atom is -0.319 e. The molecule has 68 valence electrons. The van der Waals surface area contributed by atoms with Crippen LogP contribution in [0, 0.1) is 11.3 Å². The third kappa shape index (κ3) is 2.43. The second kappa shape index (κ2) is 3.65. The summed E-state index contributed by atoms with van der Waals surface area (Å²) in [4.78, 5) is 0. The van der Waals surface area contributed by atoms with E-state index in [1.807, 2.05) is 6.07 Å². The average Bonchev–Trinajstić information content (AvgIpc) is 2.03. The molecule has 4 heteroatoms. The van der Waals surface area contributed by atoms with Crippen LogP contribution in [-0.4, -0.2) is 13.3 Å². The Balaban J connectivity index is 3.44. The van der Waals surface area contributed by atoms with Crippen molar-refractivity contribution in [3.63, 3.8) is 0 Å². The van der Waals surface area contributed by atoms with E-state index < -0.39 is 7.14 Å². The number of hydrogen-bond donors (Lipinski definition) is 0. The highest BCUT2D eigenvalue weighted by Crippen LogP contribution is 2.36. The zero-order chi connectivity index (χ0) is 10.1. The summed E-state index contributed by atoms with van der Waals surface area (Å²) in [6, 6.07) is 7.24. The van der Waals surface area contributed by atoms with Crippen LogP contribution in [0.1, 0.15) is 5.56 Å². The molecule has 0 fully saturated rings. The van der Waals surface area contributed by atoms with E-state index in [9.17, 15) is 4.57 Å². The molecule has 2 nitrogen and oxygen atoms in total. The molecule has 0 aromatic heterocycles. The smallest absolute Gasteiger partial charge is 0.111 e. The zero-order valence-corrected chi connectivity index (χ0v) is 9.89. The monoisotopic (exact) mass is 257 g/mol. The molecule has 0 aliphatic carbocycles. The largest absolute Gasteiger partial charge is 0.319 e. The molecule has 0 heterocycles. The molecule has 0 amide bonds. The van der Waals surface area contributed by atoms with Crippen molar-refractivity contribution < 1.29 is 4.57 Å². The first-order chi connectivity index (χ1) is 5.95. The molecule has 0 aliphatic heterocycles. The van der Waals surface area contributed by atoms with Crippen LogP contribution in [-0.2, 0) is 4.57 Å². The molecular weight excluding hydrogens is 249 g/mol. The van der Waals surface area contributed by atoms with E-state index in [4.69, 9.17) is 5.26 Å². The lowest BCUT2D eigenvalue weighted by molar-refractivity contribution is 0.588. The topological polar surface area (TPSA) is 40.9 Å². The Bertz CT molecular complexity index is 416. The van der Waals surface area contributed by atoms with E-state index in [0.29, 0.717) is 10.9 Å². The molecule has 13 heavy (non-hydrogen) atoms. The first-order valence-corrected chi connectivity index (χ1v) is 7.10. The summed E-state index contributed by atoms with van der Waals surface area (Å²) in [7, 11) is -2.35. The van der Waals surface area contributed by atoms with Crippen molar-refractivity contribution in [2.75, 3.05) is 13.3 Å². The van der Waals surface area contributed by atoms with Gasteiger partial charge in [-0.05, 0) is 31.5 Å². The predicted molar refractivity (Wildman–Crippen MR) is 57.9 cm³/mol. The quantitative estimate of drug-likeness (QED) is 0.726. The van der Waals surface area contributed by atoms with Gasteiger partial charge in [-0.3, -0.25) is 0 Å². The molecule has 0 bridgehead atoms. The first-order valence-electron chi connectivity index (χ1n) is 3.70. The highest BCUT2D eigenvalue weighted by atomic mass is 79.9. The average molecular weight is 258 g/mol. The number of halogens is 1. The molecule has 0 atom stereocenters. The van der Waals surface area contributed by atoms with Crippen LogP contribution >= 0.6 is 23.1 Å². The molecule has 0 radical (unpaired) electrons. The fourth-order valence-electron chi connectivity index (χ4n) is 1.04. The van der Waals surface area contributed by atoms with Gasteiger partial charge >= 0.3 is 0 Å². The van der Waals surface area contributed by atoms with E-state index >= 15 is 0 Å². The Morgan fingerprint density at radius 3 is 2.54 bits per heavy atom. The summed E-state index contributed by atoms with van der Waals surface area (Å²) >= 11 is 3.29. The maximum absolute atomic E-state index is 11.8. The van der Waals surface area contributed by atoms with Gasteiger partial charge in [0.2, 0.25) is 0 Å². The van der Waals surface area contributed by atoms with Gasteiger partial charge in [0.25, 0.3) is 0 Å². The Morgan fingerprint density at radius 2 is 2.08 bits per heavy atom. The summed E-state index contributed by atoms with van der Waals surface area (Å²) in [6.07, 6.45) is 0. The fourth-order valence-corrected chi connectivity index (χ4v) is 2.74. The lowest BCUT2D eigenvalue weighted by atomic mass is 10.2. The summed E-state index contributed by atoms with van der Waals surface area (Å²) in [5, 5.41) is 9.43. The summed E-state index contributed by atoms with van der Waals surface area (Å²) in [6.45, 7) is 3.32. The highest BCUT2D eigenvalue weighted by molar-refractivity contribution is 9.10. The Labute approximate surface area is 86.1 Å². The van der Waals surface area contributed by atoms with E-state index in [2.05, 4.69) is 15.9 Å². The van der Waals surface area contributed by atoms with Crippen molar-refractivity contribution in [3.05, 3.63) is 28.2 Å². The third-order valence-corrected chi connectivity index (χ3v) is 3.68. The van der Waals surface area contributed by atoms with E-state index in [-0.39, 0.29) is 0 Å². The van der Waals surface area contributed by atoms with E-state index in [0.717, 1.165) is 4.47 Å². The highest BCUT2D eigenvalue weighted by Gasteiger charge is 2.15. The van der Waals surface area contributed by atoms with Crippen molar-refractivity contribution >= 4 is 28.4 Å². The van der Waals surface area contributed by atoms with Gasteiger partial charge in [0, 0.05) is 9.78 Å². The van der Waals surface area contributed by atoms with Crippen LogP contribution in [0.4, 0.5) is 0 Å². The summed E-state index contributed by atoms with van der Waals surface area (Å²) < 4.78 is 12.6. The predicted octanol–water partition coefficient (Wildman–Crippen LogP) is 2.57. The third-order valence-electron chi connectivity index (χ3n) is 1.66. The molecule has 0 N–H and O–H groups in total. The van der Waals surface area contributed by atoms with Crippen molar-refractivity contribution in [2.45, 2.75) is 0 Å². The molecule has 1 aromatic carbocycles. The molecule has 0 saturated heterocycles. The van der Waals surface area contributed by atoms with Gasteiger partial charge < -0.3 is 4.57 Å². The minimum atomic E-state index is -2.35. The normalized spacial score (nSPS) is 10.9. The van der Waals surface area contributed by atoms with E-state index in [1.54, 1.807) is 31.5 Å². The lowest BCUT2D eigenvalue weighted by Gasteiger charge is -2.08. The van der Waals surface area contributed by atoms with Gasteiger partial charge in [-0.15, -0.1) is 0 Å². The number of benzene rings is 1. The lowest BCUT2D eigenvalue weighted by Crippen LogP contribution is -2.07. The minimum absolute atomic E-state index is 0.497. The van der Waals surface area contributed by atoms with Crippen LogP contribution in [0.25, 0.3) is 0 Å². The van der Waals surface area contributed by atoms with Crippen LogP contribution in [0.3, 0.4) is 0 Å². The second-order valence-electron chi connectivity index (χ2n) is 3.12. The number of rotatable bonds is 1. The Kier molecular flexibility index (Phi) is 2.95. The van der Waals surface area contributed by atoms with Gasteiger partial charge in [0.15, 0.2) is 0 Å². The SMILES string of the molecule is CP(C)(=O)c1cc(Br)ccc1C#N. The molecule has 0 unspecified atom stereocenters. The number of nitrogens with zero attached hydrogens (tertiary/aromatic N) is 1. The van der Waals surface area contributed by atoms with Crippen LogP contribution in [0.15, 0.2) is 22.7 Å². The standard InChI is InChI=1S/C9H9BrNOP/c1-13(2,12)9-5-8(10)4-3-7(9)6-11/h3-5H,1-2H3. The maximum Gasteiger partial charge on any atom is 0.111 e. The van der Waals surface area contributed by atoms with Gasteiger partial charge in [0.1, 0.15) is 7.14 Å². The van der Waals surface area contributed by atoms with Crippen LogP contribution < -0.4 is 5.30 Å². The van der Waals surface area contributed by atoms with Crippen LogP contribution in [0.5, 0.6) is 0 Å². The maximum atomic E-state index is 11.8. The molecule has 1 aromatic rings. The molecule has 0 spiro atoms. The number of hydrogen-bond acceptors (Lipinski definition) is 2. The van der Waals surface area contributed by atoms with Crippen molar-refractivity contribution in [1.82, 2.24) is 0 Å². The first kappa shape index (κ1) is 10.5. The molecule has 0 saturated carbocycles. The zero-order valence-electron chi connectivity index (χ0n) is 7.41. The molecule has 1 rings (SSSR count). The van der Waals surface area contributed by atoms with Crippen molar-refractivity contribution in [3.8, 4) is 6.07 Å². The molecule has 0 aliphatic rings. The summed E-state index contributed by atoms with van der Waals surface area (Å²) in [5.41, 5.74) is 0.497. The Morgan fingerprint density at radius 1 is 1.46 bits per heavy atom. The second-order valence-corrected chi connectivity index (χ2v) is 7.22. The van der Waals surface area contributed by atoms with Gasteiger partial charge in [-0.25, -0.2) is 0 Å². The van der Waals surface area contributed by atoms with E-state index in [1.165, 1.54) is 0 Å². The van der Waals surface area contributed by atoms with Crippen molar-refractivity contribution in [2.24, 2.45) is 0 Å². The number of nitriles is 1. The molecular formula is C9H9BrNOP. The van der Waals surface area contributed by atoms with Gasteiger partial charge in [-0.2, -0.15) is 5.26 Å². The van der Waals surface area contributed by atoms with Gasteiger partial charge in [0.05, 0.1) is 11.6 Å². The van der Waals surface area contributed by atoms with Gasteiger partial charge in [-0.1, -0.05) is 15.9 Å². The van der Waals surface area contributed by atoms with Crippen molar-refractivity contribution in [1.29, 1.82) is 5.26 Å². The van der Waals surface area contributed by atoms with Crippen LogP contribution in [0.2, 0.25) is 0 Å².